The number of carbonyl (C=O) groups is 1. The van der Waals surface area contributed by atoms with Crippen LogP contribution in [0.4, 0.5) is 0 Å². The van der Waals surface area contributed by atoms with E-state index in [1.54, 1.807) is 30.2 Å². The molecule has 0 unspecified atom stereocenters. The first-order valence-corrected chi connectivity index (χ1v) is 7.01. The van der Waals surface area contributed by atoms with Crippen LogP contribution in [0.25, 0.3) is 0 Å². The molecule has 0 aliphatic rings. The quantitative estimate of drug-likeness (QED) is 0.809. The minimum Gasteiger partial charge on any atom is -0.396 e. The molecule has 0 bridgehead atoms. The van der Waals surface area contributed by atoms with E-state index in [2.05, 4.69) is 4.98 Å². The SMILES string of the molecule is Cc1nc(CC(=O)N(C)CC(C)(CO)CO)c(C)s1. The van der Waals surface area contributed by atoms with Crippen molar-refractivity contribution in [3.63, 3.8) is 0 Å². The fourth-order valence-electron chi connectivity index (χ4n) is 1.83. The van der Waals surface area contributed by atoms with Crippen LogP contribution >= 0.6 is 11.3 Å². The zero-order chi connectivity index (χ0) is 14.6. The first kappa shape index (κ1) is 16.1. The summed E-state index contributed by atoms with van der Waals surface area (Å²) in [6, 6.07) is 0. The molecular weight excluding hydrogens is 264 g/mol. The number of aliphatic hydroxyl groups excluding tert-OH is 2. The largest absolute Gasteiger partial charge is 0.396 e. The van der Waals surface area contributed by atoms with Gasteiger partial charge in [-0.2, -0.15) is 0 Å². The highest BCUT2D eigenvalue weighted by Crippen LogP contribution is 2.19. The molecule has 0 spiro atoms. The molecule has 0 fully saturated rings. The number of hydrogen-bond acceptors (Lipinski definition) is 5. The van der Waals surface area contributed by atoms with Crippen LogP contribution < -0.4 is 0 Å². The summed E-state index contributed by atoms with van der Waals surface area (Å²) in [5.41, 5.74) is 0.145. The molecule has 0 aliphatic heterocycles. The molecule has 1 aromatic heterocycles. The van der Waals surface area contributed by atoms with Gasteiger partial charge < -0.3 is 15.1 Å². The Hall–Kier alpha value is -0.980. The average Bonchev–Trinajstić information content (AvgIpc) is 2.67. The molecule has 1 aromatic rings. The molecule has 2 N–H and O–H groups in total. The Morgan fingerprint density at radius 3 is 2.37 bits per heavy atom. The number of aryl methyl sites for hydroxylation is 2. The zero-order valence-corrected chi connectivity index (χ0v) is 12.8. The number of carbonyl (C=O) groups excluding carboxylic acids is 1. The summed E-state index contributed by atoms with van der Waals surface area (Å²) in [7, 11) is 1.68. The van der Waals surface area contributed by atoms with E-state index in [1.807, 2.05) is 13.8 Å². The van der Waals surface area contributed by atoms with E-state index in [0.29, 0.717) is 6.54 Å². The molecule has 0 aromatic carbocycles. The van der Waals surface area contributed by atoms with Gasteiger partial charge in [0.05, 0.1) is 30.3 Å². The van der Waals surface area contributed by atoms with Crippen molar-refractivity contribution in [2.24, 2.45) is 5.41 Å². The number of likely N-dealkylation sites (N-methyl/N-ethyl adjacent to an activating group) is 1. The lowest BCUT2D eigenvalue weighted by molar-refractivity contribution is -0.131. The molecule has 108 valence electrons. The molecule has 0 saturated heterocycles. The number of nitrogens with zero attached hydrogens (tertiary/aromatic N) is 2. The highest BCUT2D eigenvalue weighted by atomic mass is 32.1. The fraction of sp³-hybridized carbons (Fsp3) is 0.692. The first-order chi connectivity index (χ1) is 8.81. The molecule has 0 radical (unpaired) electrons. The van der Waals surface area contributed by atoms with Crippen molar-refractivity contribution in [3.8, 4) is 0 Å². The number of amides is 1. The minimum atomic E-state index is -0.669. The Balaban J connectivity index is 2.65. The van der Waals surface area contributed by atoms with Gasteiger partial charge in [-0.1, -0.05) is 6.92 Å². The van der Waals surface area contributed by atoms with Gasteiger partial charge >= 0.3 is 0 Å². The maximum atomic E-state index is 12.1. The Morgan fingerprint density at radius 1 is 1.37 bits per heavy atom. The highest BCUT2D eigenvalue weighted by Gasteiger charge is 2.26. The van der Waals surface area contributed by atoms with Crippen LogP contribution in [0.3, 0.4) is 0 Å². The number of aromatic nitrogens is 1. The van der Waals surface area contributed by atoms with E-state index in [1.165, 1.54) is 0 Å². The van der Waals surface area contributed by atoms with E-state index in [9.17, 15) is 15.0 Å². The molecule has 5 nitrogen and oxygen atoms in total. The second kappa shape index (κ2) is 6.45. The Bertz CT molecular complexity index is 441. The molecule has 0 atom stereocenters. The van der Waals surface area contributed by atoms with Gasteiger partial charge in [0.1, 0.15) is 0 Å². The van der Waals surface area contributed by atoms with Crippen LogP contribution in [0, 0.1) is 19.3 Å². The lowest BCUT2D eigenvalue weighted by atomic mass is 9.92. The average molecular weight is 286 g/mol. The van der Waals surface area contributed by atoms with Crippen molar-refractivity contribution in [3.05, 3.63) is 15.6 Å². The topological polar surface area (TPSA) is 73.7 Å². The van der Waals surface area contributed by atoms with Gasteiger partial charge in [-0.3, -0.25) is 4.79 Å². The van der Waals surface area contributed by atoms with Gasteiger partial charge in [0.15, 0.2) is 0 Å². The third kappa shape index (κ3) is 4.26. The normalized spacial score (nSPS) is 11.7. The zero-order valence-electron chi connectivity index (χ0n) is 11.9. The maximum absolute atomic E-state index is 12.1. The Morgan fingerprint density at radius 2 is 1.95 bits per heavy atom. The summed E-state index contributed by atoms with van der Waals surface area (Å²) < 4.78 is 0. The minimum absolute atomic E-state index is 0.0541. The van der Waals surface area contributed by atoms with Crippen molar-refractivity contribution in [2.75, 3.05) is 26.8 Å². The van der Waals surface area contributed by atoms with Crippen LogP contribution in [0.5, 0.6) is 0 Å². The van der Waals surface area contributed by atoms with Gasteiger partial charge in [-0.25, -0.2) is 4.98 Å². The molecular formula is C13H22N2O3S. The summed E-state index contributed by atoms with van der Waals surface area (Å²) in [6.07, 6.45) is 0.264. The van der Waals surface area contributed by atoms with E-state index in [0.717, 1.165) is 15.6 Å². The monoisotopic (exact) mass is 286 g/mol. The van der Waals surface area contributed by atoms with Crippen molar-refractivity contribution >= 4 is 17.2 Å². The maximum Gasteiger partial charge on any atom is 0.228 e. The van der Waals surface area contributed by atoms with Gasteiger partial charge in [0, 0.05) is 23.9 Å². The van der Waals surface area contributed by atoms with Gasteiger partial charge in [0.2, 0.25) is 5.91 Å². The second-order valence-electron chi connectivity index (χ2n) is 5.29. The number of rotatable bonds is 6. The van der Waals surface area contributed by atoms with Crippen LogP contribution in [0.1, 0.15) is 22.5 Å². The summed E-state index contributed by atoms with van der Waals surface area (Å²) in [4.78, 5) is 19.1. The Kier molecular flexibility index (Phi) is 5.46. The van der Waals surface area contributed by atoms with Crippen LogP contribution in [-0.4, -0.2) is 52.8 Å². The van der Waals surface area contributed by atoms with E-state index in [-0.39, 0.29) is 25.5 Å². The van der Waals surface area contributed by atoms with Gasteiger partial charge in [-0.05, 0) is 13.8 Å². The fourth-order valence-corrected chi connectivity index (χ4v) is 2.66. The molecule has 0 aliphatic carbocycles. The van der Waals surface area contributed by atoms with Crippen molar-refractivity contribution in [1.29, 1.82) is 0 Å². The molecule has 1 amide bonds. The van der Waals surface area contributed by atoms with E-state index < -0.39 is 5.41 Å². The number of aliphatic hydroxyl groups is 2. The third-order valence-electron chi connectivity index (χ3n) is 3.13. The number of thiazole rings is 1. The summed E-state index contributed by atoms with van der Waals surface area (Å²) in [5.74, 6) is -0.0541. The van der Waals surface area contributed by atoms with Crippen LogP contribution in [-0.2, 0) is 11.2 Å². The smallest absolute Gasteiger partial charge is 0.228 e. The molecule has 1 heterocycles. The standard InChI is InChI=1S/C13H22N2O3S/c1-9-11(14-10(2)19-9)5-12(18)15(4)6-13(3,7-16)8-17/h16-17H,5-8H2,1-4H3. The number of hydrogen-bond donors (Lipinski definition) is 2. The predicted molar refractivity (Wildman–Crippen MR) is 75.2 cm³/mol. The van der Waals surface area contributed by atoms with Crippen LogP contribution in [0.2, 0.25) is 0 Å². The summed E-state index contributed by atoms with van der Waals surface area (Å²) in [6.45, 7) is 5.63. The van der Waals surface area contributed by atoms with Gasteiger partial charge in [-0.15, -0.1) is 11.3 Å². The molecule has 19 heavy (non-hydrogen) atoms. The van der Waals surface area contributed by atoms with Gasteiger partial charge in [0.25, 0.3) is 0 Å². The third-order valence-corrected chi connectivity index (χ3v) is 4.05. The molecule has 0 saturated carbocycles. The van der Waals surface area contributed by atoms with Crippen molar-refractivity contribution in [1.82, 2.24) is 9.88 Å². The lowest BCUT2D eigenvalue weighted by Crippen LogP contribution is -2.42. The summed E-state index contributed by atoms with van der Waals surface area (Å²) >= 11 is 1.58. The van der Waals surface area contributed by atoms with E-state index >= 15 is 0 Å². The second-order valence-corrected chi connectivity index (χ2v) is 6.70. The Labute approximate surface area is 117 Å². The van der Waals surface area contributed by atoms with Crippen molar-refractivity contribution < 1.29 is 15.0 Å². The molecule has 6 heteroatoms. The van der Waals surface area contributed by atoms with Crippen molar-refractivity contribution in [2.45, 2.75) is 27.2 Å². The first-order valence-electron chi connectivity index (χ1n) is 6.20. The lowest BCUT2D eigenvalue weighted by Gasteiger charge is -2.30. The summed E-state index contributed by atoms with van der Waals surface area (Å²) in [5, 5.41) is 19.4. The molecule has 1 rings (SSSR count). The predicted octanol–water partition coefficient (Wildman–Crippen LogP) is 0.752. The highest BCUT2D eigenvalue weighted by molar-refractivity contribution is 7.11. The van der Waals surface area contributed by atoms with Crippen LogP contribution in [0.15, 0.2) is 0 Å². The van der Waals surface area contributed by atoms with E-state index in [4.69, 9.17) is 0 Å².